The maximum atomic E-state index is 13.5. The molecule has 7 heteroatoms. The number of nitrogens with one attached hydrogen (secondary N) is 2. The summed E-state index contributed by atoms with van der Waals surface area (Å²) in [6.45, 7) is 9.09. The third kappa shape index (κ3) is 8.96. The Bertz CT molecular complexity index is 520. The highest BCUT2D eigenvalue weighted by atomic mass is 32.2. The van der Waals surface area contributed by atoms with Gasteiger partial charge in [-0.1, -0.05) is 33.6 Å². The summed E-state index contributed by atoms with van der Waals surface area (Å²) in [5, 5.41) is 5.99. The Kier molecular flexibility index (Phi) is 10.8. The fraction of sp³-hybridized carbons (Fsp3) is 0.600. The van der Waals surface area contributed by atoms with Gasteiger partial charge < -0.3 is 10.6 Å². The van der Waals surface area contributed by atoms with Gasteiger partial charge in [-0.15, -0.1) is 0 Å². The van der Waals surface area contributed by atoms with Gasteiger partial charge in [-0.2, -0.15) is 8.42 Å². The number of anilines is 1. The fourth-order valence-corrected chi connectivity index (χ4v) is 2.14. The van der Waals surface area contributed by atoms with Crippen molar-refractivity contribution in [1.29, 1.82) is 0 Å². The van der Waals surface area contributed by atoms with Crippen molar-refractivity contribution >= 4 is 15.8 Å². The molecule has 0 radical (unpaired) electrons. The van der Waals surface area contributed by atoms with E-state index in [9.17, 15) is 12.8 Å². The summed E-state index contributed by atoms with van der Waals surface area (Å²) in [4.78, 5) is -0.436. The van der Waals surface area contributed by atoms with E-state index in [1.165, 1.54) is 12.1 Å². The third-order valence-corrected chi connectivity index (χ3v) is 3.68. The van der Waals surface area contributed by atoms with E-state index < -0.39 is 20.8 Å². The highest BCUT2D eigenvalue weighted by Gasteiger charge is 2.12. The molecule has 0 aliphatic rings. The van der Waals surface area contributed by atoms with Crippen LogP contribution in [0.3, 0.4) is 0 Å². The Hall–Kier alpha value is -1.18. The second-order valence-corrected chi connectivity index (χ2v) is 6.13. The molecule has 128 valence electrons. The zero-order valence-electron chi connectivity index (χ0n) is 13.5. The molecule has 0 heterocycles. The summed E-state index contributed by atoms with van der Waals surface area (Å²) in [7, 11) is -4.34. The maximum absolute atomic E-state index is 13.5. The van der Waals surface area contributed by atoms with Crippen molar-refractivity contribution in [3.8, 4) is 0 Å². The first-order valence-electron chi connectivity index (χ1n) is 7.58. The third-order valence-electron chi connectivity index (χ3n) is 2.83. The van der Waals surface area contributed by atoms with Gasteiger partial charge in [0.05, 0.1) is 10.6 Å². The highest BCUT2D eigenvalue weighted by molar-refractivity contribution is 7.85. The number of rotatable bonds is 8. The van der Waals surface area contributed by atoms with Crippen molar-refractivity contribution < 1.29 is 17.4 Å². The molecule has 0 saturated carbocycles. The number of unbranched alkanes of at least 4 members (excludes halogenated alkanes) is 2. The minimum atomic E-state index is -4.34. The number of hydrogen-bond acceptors (Lipinski definition) is 4. The number of halogens is 1. The monoisotopic (exact) mass is 334 g/mol. The van der Waals surface area contributed by atoms with Crippen molar-refractivity contribution in [3.63, 3.8) is 0 Å². The minimum Gasteiger partial charge on any atom is -0.383 e. The van der Waals surface area contributed by atoms with Crippen LogP contribution in [0.1, 0.15) is 40.0 Å². The molecule has 0 bridgehead atoms. The van der Waals surface area contributed by atoms with Crippen LogP contribution in [0.25, 0.3) is 0 Å². The van der Waals surface area contributed by atoms with Gasteiger partial charge in [-0.05, 0) is 37.7 Å². The fourth-order valence-electron chi connectivity index (χ4n) is 1.65. The zero-order valence-corrected chi connectivity index (χ0v) is 14.3. The molecule has 1 aromatic rings. The Morgan fingerprint density at radius 1 is 1.14 bits per heavy atom. The van der Waals surface area contributed by atoms with Gasteiger partial charge >= 0.3 is 0 Å². The molecule has 1 aromatic carbocycles. The highest BCUT2D eigenvalue weighted by Crippen LogP contribution is 2.18. The smallest absolute Gasteiger partial charge is 0.294 e. The Balaban J connectivity index is 0.000000763. The largest absolute Gasteiger partial charge is 0.383 e. The Morgan fingerprint density at radius 3 is 2.18 bits per heavy atom. The average molecular weight is 334 g/mol. The van der Waals surface area contributed by atoms with Crippen LogP contribution < -0.4 is 10.6 Å². The molecule has 5 nitrogen and oxygen atoms in total. The molecular formula is C15H27FN2O3S. The molecule has 22 heavy (non-hydrogen) atoms. The number of hydrogen-bond donors (Lipinski definition) is 3. The topological polar surface area (TPSA) is 78.4 Å². The average Bonchev–Trinajstić information content (AvgIpc) is 2.45. The lowest BCUT2D eigenvalue weighted by atomic mass is 10.2. The lowest BCUT2D eigenvalue weighted by Gasteiger charge is -2.07. The van der Waals surface area contributed by atoms with Crippen LogP contribution in [0.5, 0.6) is 0 Å². The first-order chi connectivity index (χ1) is 10.4. The molecule has 0 aliphatic carbocycles. The van der Waals surface area contributed by atoms with Crippen molar-refractivity contribution in [3.05, 3.63) is 24.0 Å². The quantitative estimate of drug-likeness (QED) is 0.502. The summed E-state index contributed by atoms with van der Waals surface area (Å²) in [5.41, 5.74) is 0.244. The van der Waals surface area contributed by atoms with Gasteiger partial charge in [-0.25, -0.2) is 4.39 Å². The van der Waals surface area contributed by atoms with E-state index in [1.807, 2.05) is 0 Å². The second kappa shape index (κ2) is 11.4. The second-order valence-electron chi connectivity index (χ2n) is 4.71. The van der Waals surface area contributed by atoms with E-state index in [0.29, 0.717) is 6.54 Å². The molecular weight excluding hydrogens is 307 g/mol. The molecule has 0 amide bonds. The van der Waals surface area contributed by atoms with Gasteiger partial charge in [0.1, 0.15) is 5.82 Å². The summed E-state index contributed by atoms with van der Waals surface area (Å²) in [6, 6.07) is 3.28. The SMILES string of the molecule is CCCCCNc1ccc(S(=O)(=O)O)cc1F.CCNCC. The van der Waals surface area contributed by atoms with Crippen molar-refractivity contribution in [2.24, 2.45) is 0 Å². The summed E-state index contributed by atoms with van der Waals surface area (Å²) in [5.74, 6) is -0.684. The zero-order chi connectivity index (χ0) is 17.0. The molecule has 1 rings (SSSR count). The lowest BCUT2D eigenvalue weighted by Crippen LogP contribution is -2.09. The van der Waals surface area contributed by atoms with Gasteiger partial charge in [0.15, 0.2) is 0 Å². The molecule has 0 aliphatic heterocycles. The van der Waals surface area contributed by atoms with Crippen molar-refractivity contribution in [1.82, 2.24) is 5.32 Å². The maximum Gasteiger partial charge on any atom is 0.294 e. The van der Waals surface area contributed by atoms with Crippen LogP contribution in [-0.2, 0) is 10.1 Å². The molecule has 0 spiro atoms. The predicted octanol–water partition coefficient (Wildman–Crippen LogP) is 3.29. The van der Waals surface area contributed by atoms with Crippen LogP contribution >= 0.6 is 0 Å². The molecule has 0 unspecified atom stereocenters. The normalized spacial score (nSPS) is 10.8. The van der Waals surface area contributed by atoms with Gasteiger partial charge in [-0.3, -0.25) is 4.55 Å². The van der Waals surface area contributed by atoms with E-state index >= 15 is 0 Å². The summed E-state index contributed by atoms with van der Waals surface area (Å²) >= 11 is 0. The van der Waals surface area contributed by atoms with Crippen molar-refractivity contribution in [2.45, 2.75) is 44.9 Å². The summed E-state index contributed by atoms with van der Waals surface area (Å²) in [6.07, 6.45) is 3.06. The molecule has 0 atom stereocenters. The van der Waals surface area contributed by atoms with Crippen LogP contribution in [-0.4, -0.2) is 32.6 Å². The predicted molar refractivity (Wildman–Crippen MR) is 88.4 cm³/mol. The van der Waals surface area contributed by atoms with E-state index in [0.717, 1.165) is 38.4 Å². The minimum absolute atomic E-state index is 0.244. The van der Waals surface area contributed by atoms with Crippen LogP contribution in [0.2, 0.25) is 0 Å². The van der Waals surface area contributed by atoms with Gasteiger partial charge in [0.25, 0.3) is 10.1 Å². The van der Waals surface area contributed by atoms with Crippen molar-refractivity contribution in [2.75, 3.05) is 25.0 Å². The van der Waals surface area contributed by atoms with Crippen LogP contribution in [0.4, 0.5) is 10.1 Å². The molecule has 0 aromatic heterocycles. The van der Waals surface area contributed by atoms with Gasteiger partial charge in [0.2, 0.25) is 0 Å². The van der Waals surface area contributed by atoms with E-state index in [4.69, 9.17) is 4.55 Å². The summed E-state index contributed by atoms with van der Waals surface area (Å²) < 4.78 is 43.7. The Morgan fingerprint density at radius 2 is 1.77 bits per heavy atom. The lowest BCUT2D eigenvalue weighted by molar-refractivity contribution is 0.482. The van der Waals surface area contributed by atoms with E-state index in [2.05, 4.69) is 31.4 Å². The van der Waals surface area contributed by atoms with Gasteiger partial charge in [0, 0.05) is 6.54 Å². The standard InChI is InChI=1S/C11H16FNO3S.C4H11N/c1-2-3-4-7-13-11-6-5-9(8-10(11)12)17(14,15)16;1-3-5-4-2/h5-6,8,13H,2-4,7H2,1H3,(H,14,15,16);5H,3-4H2,1-2H3. The van der Waals surface area contributed by atoms with E-state index in [1.54, 1.807) is 0 Å². The first-order valence-corrected chi connectivity index (χ1v) is 9.02. The molecule has 0 saturated heterocycles. The molecule has 3 N–H and O–H groups in total. The van der Waals surface area contributed by atoms with E-state index in [-0.39, 0.29) is 5.69 Å². The molecule has 0 fully saturated rings. The first kappa shape index (κ1) is 20.8. The van der Waals surface area contributed by atoms with Crippen LogP contribution in [0, 0.1) is 5.82 Å². The number of benzene rings is 1. The Labute approximate surface area is 133 Å². The van der Waals surface area contributed by atoms with Crippen LogP contribution in [0.15, 0.2) is 23.1 Å².